The molecule has 1 atom stereocenters. The number of likely N-dealkylation sites (tertiary alicyclic amines) is 1. The Hall–Kier alpha value is -3.13. The Balaban J connectivity index is 1.21. The fraction of sp³-hybridized carbons (Fsp3) is 0.355. The number of rotatable bonds is 8. The van der Waals surface area contributed by atoms with E-state index in [1.165, 1.54) is 17.7 Å². The number of nitrogens with zero attached hydrogens (tertiary/aromatic N) is 1. The van der Waals surface area contributed by atoms with Crippen LogP contribution in [0.5, 0.6) is 0 Å². The maximum absolute atomic E-state index is 14.0. The molecule has 2 N–H and O–H groups in total. The number of benzene rings is 3. The Labute approximate surface area is 243 Å². The summed E-state index contributed by atoms with van der Waals surface area (Å²) in [5.74, 6) is -0.789. The number of hydrogen-bond donors (Lipinski definition) is 2. The van der Waals surface area contributed by atoms with E-state index >= 15 is 0 Å². The van der Waals surface area contributed by atoms with E-state index < -0.39 is 11.7 Å². The Morgan fingerprint density at radius 3 is 2.55 bits per heavy atom. The van der Waals surface area contributed by atoms with Gasteiger partial charge in [0.05, 0.1) is 21.7 Å². The molecule has 6 nitrogen and oxygen atoms in total. The quantitative estimate of drug-likeness (QED) is 0.295. The molecule has 40 heavy (non-hydrogen) atoms. The molecular weight excluding hydrogens is 552 g/mol. The molecule has 2 amide bonds. The Morgan fingerprint density at radius 2 is 1.82 bits per heavy atom. The molecule has 0 aromatic heterocycles. The fourth-order valence-corrected chi connectivity index (χ4v) is 5.90. The van der Waals surface area contributed by atoms with Crippen molar-refractivity contribution in [1.29, 1.82) is 0 Å². The molecule has 2 heterocycles. The summed E-state index contributed by atoms with van der Waals surface area (Å²) in [7, 11) is 0. The summed E-state index contributed by atoms with van der Waals surface area (Å²) in [6.45, 7) is 4.64. The number of aryl methyl sites for hydroxylation is 1. The monoisotopic (exact) mass is 583 g/mol. The highest BCUT2D eigenvalue weighted by Gasteiger charge is 2.44. The van der Waals surface area contributed by atoms with Crippen LogP contribution in [-0.4, -0.2) is 36.5 Å². The third-order valence-corrected chi connectivity index (χ3v) is 8.62. The van der Waals surface area contributed by atoms with Crippen LogP contribution in [0.2, 0.25) is 10.0 Å². The highest BCUT2D eigenvalue weighted by Crippen LogP contribution is 2.43. The number of carbonyl (C=O) groups is 2. The van der Waals surface area contributed by atoms with Crippen molar-refractivity contribution in [2.75, 3.05) is 25.0 Å². The number of fused-ring (bicyclic) bond motifs is 2. The topological polar surface area (TPSA) is 70.7 Å². The predicted octanol–water partition coefficient (Wildman–Crippen LogP) is 7.17. The minimum absolute atomic E-state index is 0.0585. The van der Waals surface area contributed by atoms with Gasteiger partial charge in [-0.05, 0) is 67.8 Å². The number of hydrogen-bond acceptors (Lipinski definition) is 4. The fourth-order valence-electron chi connectivity index (χ4n) is 5.60. The number of amides is 2. The molecule has 5 rings (SSSR count). The first kappa shape index (κ1) is 28.4. The van der Waals surface area contributed by atoms with E-state index in [1.54, 1.807) is 18.2 Å². The summed E-state index contributed by atoms with van der Waals surface area (Å²) in [5, 5.41) is 6.63. The van der Waals surface area contributed by atoms with Crippen molar-refractivity contribution in [3.63, 3.8) is 0 Å². The van der Waals surface area contributed by atoms with Crippen molar-refractivity contribution in [1.82, 2.24) is 10.2 Å². The number of anilines is 1. The molecule has 0 radical (unpaired) electrons. The van der Waals surface area contributed by atoms with Gasteiger partial charge in [0.15, 0.2) is 0 Å². The zero-order valence-electron chi connectivity index (χ0n) is 22.3. The maximum Gasteiger partial charge on any atom is 0.412 e. The summed E-state index contributed by atoms with van der Waals surface area (Å²) >= 11 is 12.4. The molecule has 1 saturated heterocycles. The maximum atomic E-state index is 14.0. The van der Waals surface area contributed by atoms with Crippen molar-refractivity contribution in [3.05, 3.63) is 98.8 Å². The van der Waals surface area contributed by atoms with Crippen molar-refractivity contribution >= 4 is 40.9 Å². The van der Waals surface area contributed by atoms with Gasteiger partial charge in [0.1, 0.15) is 11.4 Å². The molecule has 0 aliphatic carbocycles. The molecular formula is C31H32Cl2FN3O3. The van der Waals surface area contributed by atoms with Crippen molar-refractivity contribution in [3.8, 4) is 0 Å². The molecule has 2 aliphatic rings. The zero-order valence-corrected chi connectivity index (χ0v) is 23.8. The number of piperidine rings is 1. The van der Waals surface area contributed by atoms with Gasteiger partial charge in [0, 0.05) is 38.0 Å². The average molecular weight is 585 g/mol. The van der Waals surface area contributed by atoms with Crippen LogP contribution in [0.15, 0.2) is 60.7 Å². The summed E-state index contributed by atoms with van der Waals surface area (Å²) in [6, 6.07) is 17.8. The normalized spacial score (nSPS) is 17.1. The molecule has 1 fully saturated rings. The molecule has 210 valence electrons. The van der Waals surface area contributed by atoms with Gasteiger partial charge in [0.25, 0.3) is 0 Å². The molecule has 1 unspecified atom stereocenters. The van der Waals surface area contributed by atoms with E-state index in [0.29, 0.717) is 60.2 Å². The molecule has 3 aromatic rings. The van der Waals surface area contributed by atoms with Crippen molar-refractivity contribution < 1.29 is 18.7 Å². The van der Waals surface area contributed by atoms with Crippen LogP contribution in [0.25, 0.3) is 0 Å². The van der Waals surface area contributed by atoms with Crippen LogP contribution in [0, 0.1) is 12.7 Å². The summed E-state index contributed by atoms with van der Waals surface area (Å²) in [5.41, 5.74) is 3.50. The van der Waals surface area contributed by atoms with Gasteiger partial charge in [-0.3, -0.25) is 10.1 Å². The standard InChI is InChI=1S/C31H32Cl2FN3O3/c1-20-4-6-21(7-5-20)19-35-29(38)24(22-8-10-26(32)27(33)17-22)3-2-14-37-15-12-31(13-16-37)25-18-23(34)9-11-28(25)36-30(39)40-31/h4-11,17-18,24H,2-3,12-16,19H2,1H3,(H,35,38)(H,36,39). The largest absolute Gasteiger partial charge is 0.438 e. The van der Waals surface area contributed by atoms with E-state index in [2.05, 4.69) is 15.5 Å². The summed E-state index contributed by atoms with van der Waals surface area (Å²) < 4.78 is 19.8. The van der Waals surface area contributed by atoms with E-state index in [1.807, 2.05) is 37.3 Å². The van der Waals surface area contributed by atoms with Crippen LogP contribution >= 0.6 is 23.2 Å². The molecule has 9 heteroatoms. The number of nitrogens with one attached hydrogen (secondary N) is 2. The zero-order chi connectivity index (χ0) is 28.3. The lowest BCUT2D eigenvalue weighted by molar-refractivity contribution is -0.122. The summed E-state index contributed by atoms with van der Waals surface area (Å²) in [4.78, 5) is 27.9. The van der Waals surface area contributed by atoms with Crippen LogP contribution < -0.4 is 10.6 Å². The lowest BCUT2D eigenvalue weighted by atomic mass is 9.82. The van der Waals surface area contributed by atoms with Gasteiger partial charge in [-0.1, -0.05) is 59.1 Å². The highest BCUT2D eigenvalue weighted by molar-refractivity contribution is 6.42. The molecule has 2 aliphatic heterocycles. The average Bonchev–Trinajstić information content (AvgIpc) is 2.94. The molecule has 0 saturated carbocycles. The lowest BCUT2D eigenvalue weighted by Gasteiger charge is -2.44. The first-order chi connectivity index (χ1) is 19.2. The first-order valence-corrected chi connectivity index (χ1v) is 14.3. The highest BCUT2D eigenvalue weighted by atomic mass is 35.5. The predicted molar refractivity (Wildman–Crippen MR) is 155 cm³/mol. The second-order valence-corrected chi connectivity index (χ2v) is 11.4. The Morgan fingerprint density at radius 1 is 1.07 bits per heavy atom. The Kier molecular flexibility index (Phi) is 8.64. The van der Waals surface area contributed by atoms with Crippen LogP contribution in [-0.2, 0) is 21.7 Å². The summed E-state index contributed by atoms with van der Waals surface area (Å²) in [6.07, 6.45) is 2.05. The minimum atomic E-state index is -0.825. The van der Waals surface area contributed by atoms with Crippen LogP contribution in [0.3, 0.4) is 0 Å². The SMILES string of the molecule is Cc1ccc(CNC(=O)C(CCCN2CCC3(CC2)OC(=O)Nc2ccc(F)cc23)c2ccc(Cl)c(Cl)c2)cc1. The minimum Gasteiger partial charge on any atom is -0.438 e. The molecule has 1 spiro atoms. The first-order valence-electron chi connectivity index (χ1n) is 13.5. The lowest BCUT2D eigenvalue weighted by Crippen LogP contribution is -2.48. The van der Waals surface area contributed by atoms with Gasteiger partial charge >= 0.3 is 6.09 Å². The number of ether oxygens (including phenoxy) is 1. The van der Waals surface area contributed by atoms with Gasteiger partial charge < -0.3 is 15.0 Å². The van der Waals surface area contributed by atoms with E-state index in [9.17, 15) is 14.0 Å². The third kappa shape index (κ3) is 6.43. The number of carbonyl (C=O) groups excluding carboxylic acids is 2. The van der Waals surface area contributed by atoms with Crippen molar-refractivity contribution in [2.24, 2.45) is 0 Å². The van der Waals surface area contributed by atoms with Crippen molar-refractivity contribution in [2.45, 2.75) is 50.7 Å². The van der Waals surface area contributed by atoms with E-state index in [-0.39, 0.29) is 17.6 Å². The third-order valence-electron chi connectivity index (χ3n) is 7.88. The van der Waals surface area contributed by atoms with Crippen LogP contribution in [0.1, 0.15) is 53.9 Å². The van der Waals surface area contributed by atoms with Gasteiger partial charge in [-0.15, -0.1) is 0 Å². The smallest absolute Gasteiger partial charge is 0.412 e. The van der Waals surface area contributed by atoms with Gasteiger partial charge in [-0.2, -0.15) is 0 Å². The molecule has 0 bridgehead atoms. The number of halogens is 3. The van der Waals surface area contributed by atoms with Gasteiger partial charge in [-0.25, -0.2) is 9.18 Å². The van der Waals surface area contributed by atoms with E-state index in [4.69, 9.17) is 27.9 Å². The van der Waals surface area contributed by atoms with Crippen LogP contribution in [0.4, 0.5) is 14.9 Å². The van der Waals surface area contributed by atoms with E-state index in [0.717, 1.165) is 24.1 Å². The Bertz CT molecular complexity index is 1390. The molecule has 3 aromatic carbocycles. The van der Waals surface area contributed by atoms with Gasteiger partial charge in [0.2, 0.25) is 5.91 Å². The second kappa shape index (κ2) is 12.2. The second-order valence-electron chi connectivity index (χ2n) is 10.6.